The molecule has 0 amide bonds. The number of rotatable bonds is 2. The second-order valence-electron chi connectivity index (χ2n) is 4.97. The van der Waals surface area contributed by atoms with Crippen molar-refractivity contribution < 1.29 is 48.0 Å². The summed E-state index contributed by atoms with van der Waals surface area (Å²) in [5, 5.41) is 0. The molecule has 1 aliphatic carbocycles. The molecule has 1 aliphatic rings. The summed E-state index contributed by atoms with van der Waals surface area (Å²) in [5.74, 6) is 0. The average Bonchev–Trinajstić information content (AvgIpc) is 2.73. The van der Waals surface area contributed by atoms with Crippen LogP contribution in [0.1, 0.15) is 32.8 Å². The van der Waals surface area contributed by atoms with Gasteiger partial charge in [0.2, 0.25) is 0 Å². The van der Waals surface area contributed by atoms with Crippen LogP contribution in [0.4, 0.5) is 0 Å². The van der Waals surface area contributed by atoms with Crippen molar-refractivity contribution in [3.63, 3.8) is 0 Å². The van der Waals surface area contributed by atoms with Crippen LogP contribution in [0.3, 0.4) is 0 Å². The molecule has 0 bridgehead atoms. The van der Waals surface area contributed by atoms with Gasteiger partial charge in [-0.25, -0.2) is 0 Å². The van der Waals surface area contributed by atoms with Crippen molar-refractivity contribution in [2.45, 2.75) is 32.6 Å². The van der Waals surface area contributed by atoms with Crippen LogP contribution in [0.25, 0.3) is 0 Å². The van der Waals surface area contributed by atoms with Gasteiger partial charge in [-0.3, -0.25) is 0 Å². The van der Waals surface area contributed by atoms with Crippen molar-refractivity contribution in [2.24, 2.45) is 0 Å². The first-order chi connectivity index (χ1) is 7.07. The Morgan fingerprint density at radius 3 is 2.47 bits per heavy atom. The first kappa shape index (κ1) is 17.2. The van der Waals surface area contributed by atoms with Crippen molar-refractivity contribution in [1.29, 1.82) is 0 Å². The summed E-state index contributed by atoms with van der Waals surface area (Å²) in [7, 11) is 0. The van der Waals surface area contributed by atoms with E-state index in [-0.39, 0.29) is 30.2 Å². The molecule has 0 saturated heterocycles. The molecule has 1 nitrogen and oxygen atoms in total. The summed E-state index contributed by atoms with van der Waals surface area (Å²) in [6.45, 7) is 6.88. The van der Waals surface area contributed by atoms with E-state index in [2.05, 4.69) is 56.2 Å². The second-order valence-corrected chi connectivity index (χ2v) is 8.39. The largest absolute Gasteiger partial charge is 1.00 e. The second kappa shape index (κ2) is 6.97. The summed E-state index contributed by atoms with van der Waals surface area (Å²) < 4.78 is 3.22. The van der Waals surface area contributed by atoms with E-state index >= 15 is 0 Å². The normalized spacial score (nSPS) is 13.5. The SMILES string of the molecule is CC(C)(C)c1cc[nH][c]1[Zr+2][C]1=CC=CC1.[Cl-].[Cl-]. The first-order valence-electron chi connectivity index (χ1n) is 5.38. The maximum Gasteiger partial charge on any atom is -1.00 e. The number of hydrogen-bond acceptors (Lipinski definition) is 0. The Hall–Kier alpha value is 0.223. The molecule has 0 atom stereocenters. The number of aromatic nitrogens is 1. The minimum atomic E-state index is -0.554. The Balaban J connectivity index is 0.00000128. The van der Waals surface area contributed by atoms with Crippen LogP contribution in [-0.2, 0) is 28.6 Å². The van der Waals surface area contributed by atoms with E-state index in [1.54, 1.807) is 6.68 Å². The van der Waals surface area contributed by atoms with Crippen LogP contribution in [0.5, 0.6) is 0 Å². The Kier molecular flexibility index (Phi) is 7.06. The van der Waals surface area contributed by atoms with Crippen LogP contribution in [0, 0.1) is 0 Å². The Labute approximate surface area is 128 Å². The summed E-state index contributed by atoms with van der Waals surface area (Å²) in [6, 6.07) is 2.25. The van der Waals surface area contributed by atoms with Gasteiger partial charge in [-0.15, -0.1) is 0 Å². The number of allylic oxidation sites excluding steroid dienone is 4. The number of H-pyrrole nitrogens is 1. The molecule has 1 N–H and O–H groups in total. The third kappa shape index (κ3) is 4.43. The summed E-state index contributed by atoms with van der Waals surface area (Å²) in [4.78, 5) is 3.45. The van der Waals surface area contributed by atoms with Gasteiger partial charge in [0.15, 0.2) is 0 Å². The third-order valence-corrected chi connectivity index (χ3v) is 5.94. The van der Waals surface area contributed by atoms with Crippen LogP contribution in [0.2, 0.25) is 0 Å². The number of nitrogens with one attached hydrogen (secondary N) is 1. The predicted octanol–water partition coefficient (Wildman–Crippen LogP) is -3.13. The first-order valence-corrected chi connectivity index (χ1v) is 7.84. The van der Waals surface area contributed by atoms with E-state index < -0.39 is 23.2 Å². The monoisotopic (exact) mass is 347 g/mol. The van der Waals surface area contributed by atoms with Gasteiger partial charge in [-0.1, -0.05) is 0 Å². The fourth-order valence-electron chi connectivity index (χ4n) is 1.80. The van der Waals surface area contributed by atoms with Crippen molar-refractivity contribution in [2.75, 3.05) is 0 Å². The van der Waals surface area contributed by atoms with E-state index in [0.29, 0.717) is 0 Å². The molecular weight excluding hydrogens is 332 g/mol. The molecule has 0 saturated carbocycles. The van der Waals surface area contributed by atoms with Gasteiger partial charge in [0.05, 0.1) is 0 Å². The quantitative estimate of drug-likeness (QED) is 0.581. The molecule has 2 rings (SSSR count). The van der Waals surface area contributed by atoms with Crippen molar-refractivity contribution >= 4 is 3.40 Å². The Morgan fingerprint density at radius 2 is 1.94 bits per heavy atom. The minimum absolute atomic E-state index is 0. The molecular formula is C13H17Cl2NZr. The standard InChI is InChI=1S/C8H12N.C5H5.2ClH.Zr/c1-8(2,3)7-4-5-9-6-7;1-2-4-5-3-1;;;/h4-5,9H,1-3H3;1-3H,4H2;2*1H;/q;;;;+2/p-2. The molecule has 0 aromatic carbocycles. The Morgan fingerprint density at radius 1 is 1.24 bits per heavy atom. The Bertz CT molecular complexity index is 413. The molecule has 1 aromatic rings. The zero-order valence-electron chi connectivity index (χ0n) is 10.3. The zero-order chi connectivity index (χ0) is 10.9. The number of aromatic amines is 1. The van der Waals surface area contributed by atoms with Crippen LogP contribution in [0.15, 0.2) is 33.8 Å². The topological polar surface area (TPSA) is 15.8 Å². The number of hydrogen-bond donors (Lipinski definition) is 1. The molecule has 4 heteroatoms. The molecule has 92 valence electrons. The molecule has 0 radical (unpaired) electrons. The number of halogens is 2. The van der Waals surface area contributed by atoms with E-state index in [9.17, 15) is 0 Å². The van der Waals surface area contributed by atoms with Gasteiger partial charge in [0, 0.05) is 0 Å². The predicted molar refractivity (Wildman–Crippen MR) is 61.0 cm³/mol. The van der Waals surface area contributed by atoms with Crippen LogP contribution >= 0.6 is 0 Å². The zero-order valence-corrected chi connectivity index (χ0v) is 14.3. The van der Waals surface area contributed by atoms with E-state index in [0.717, 1.165) is 0 Å². The van der Waals surface area contributed by atoms with Crippen molar-refractivity contribution in [1.82, 2.24) is 4.98 Å². The van der Waals surface area contributed by atoms with Gasteiger partial charge < -0.3 is 24.8 Å². The van der Waals surface area contributed by atoms with Gasteiger partial charge in [-0.05, 0) is 0 Å². The molecule has 0 aliphatic heterocycles. The van der Waals surface area contributed by atoms with E-state index in [4.69, 9.17) is 0 Å². The molecule has 0 fully saturated rings. The average molecular weight is 349 g/mol. The van der Waals surface area contributed by atoms with Crippen LogP contribution in [-0.4, -0.2) is 4.98 Å². The smallest absolute Gasteiger partial charge is 1.00 e. The molecule has 1 heterocycles. The van der Waals surface area contributed by atoms with Crippen LogP contribution < -0.4 is 28.2 Å². The van der Waals surface area contributed by atoms with Crippen molar-refractivity contribution in [3.8, 4) is 0 Å². The summed E-state index contributed by atoms with van der Waals surface area (Å²) in [5.41, 5.74) is 1.80. The van der Waals surface area contributed by atoms with Gasteiger partial charge >= 0.3 is 104 Å². The van der Waals surface area contributed by atoms with Crippen molar-refractivity contribution in [3.05, 3.63) is 39.3 Å². The summed E-state index contributed by atoms with van der Waals surface area (Å²) >= 11 is -0.554. The molecule has 17 heavy (non-hydrogen) atoms. The summed E-state index contributed by atoms with van der Waals surface area (Å²) in [6.07, 6.45) is 10.0. The third-order valence-electron chi connectivity index (χ3n) is 2.61. The van der Waals surface area contributed by atoms with Gasteiger partial charge in [0.25, 0.3) is 0 Å². The molecule has 0 spiro atoms. The maximum absolute atomic E-state index is 3.45. The maximum atomic E-state index is 3.45. The molecule has 1 aromatic heterocycles. The minimum Gasteiger partial charge on any atom is -1.00 e. The van der Waals surface area contributed by atoms with Gasteiger partial charge in [0.1, 0.15) is 0 Å². The fourth-order valence-corrected chi connectivity index (χ4v) is 5.41. The molecule has 0 unspecified atom stereocenters. The fraction of sp³-hybridized carbons (Fsp3) is 0.385. The van der Waals surface area contributed by atoms with E-state index in [1.807, 2.05) is 0 Å². The van der Waals surface area contributed by atoms with E-state index in [1.165, 1.54) is 12.0 Å². The van der Waals surface area contributed by atoms with Gasteiger partial charge in [-0.2, -0.15) is 0 Å².